The lowest BCUT2D eigenvalue weighted by Gasteiger charge is -1.93. The summed E-state index contributed by atoms with van der Waals surface area (Å²) in [5.41, 5.74) is 1.32. The van der Waals surface area contributed by atoms with Gasteiger partial charge in [0.25, 0.3) is 0 Å². The number of carbonyl (C=O) groups is 1. The van der Waals surface area contributed by atoms with E-state index in [1.165, 1.54) is 6.33 Å². The van der Waals surface area contributed by atoms with E-state index >= 15 is 0 Å². The van der Waals surface area contributed by atoms with Gasteiger partial charge in [-0.05, 0) is 25.1 Å². The summed E-state index contributed by atoms with van der Waals surface area (Å²) in [6.45, 7) is 1.87. The molecule has 2 aromatic rings. The smallest absolute Gasteiger partial charge is 0.335 e. The molecule has 82 valence electrons. The van der Waals surface area contributed by atoms with Gasteiger partial charge in [-0.3, -0.25) is 0 Å². The highest BCUT2D eigenvalue weighted by Crippen LogP contribution is 2.02. The van der Waals surface area contributed by atoms with Crippen LogP contribution in [0.25, 0.3) is 0 Å². The summed E-state index contributed by atoms with van der Waals surface area (Å²) in [5, 5.41) is 8.51. The number of hydrogen-bond acceptors (Lipinski definition) is 3. The van der Waals surface area contributed by atoms with Crippen molar-refractivity contribution in [1.82, 2.24) is 9.97 Å². The van der Waals surface area contributed by atoms with Crippen LogP contribution in [0, 0.1) is 6.92 Å². The normalized spacial score (nSPS) is 8.81. The van der Waals surface area contributed by atoms with E-state index in [0.717, 1.165) is 5.56 Å². The predicted octanol–water partition coefficient (Wildman–Crippen LogP) is 2.17. The first-order valence-corrected chi connectivity index (χ1v) is 4.70. The quantitative estimate of drug-likeness (QED) is 0.793. The lowest BCUT2D eigenvalue weighted by molar-refractivity contribution is 0.0697. The Bertz CT molecular complexity index is 417. The maximum absolute atomic E-state index is 10.4. The van der Waals surface area contributed by atoms with Crippen molar-refractivity contribution in [2.75, 3.05) is 0 Å². The van der Waals surface area contributed by atoms with E-state index in [1.807, 2.05) is 13.0 Å². The Hall–Kier alpha value is -2.23. The van der Waals surface area contributed by atoms with Crippen LogP contribution in [0.3, 0.4) is 0 Å². The molecule has 0 amide bonds. The molecule has 0 atom stereocenters. The Kier molecular flexibility index (Phi) is 4.66. The van der Waals surface area contributed by atoms with Crippen molar-refractivity contribution < 1.29 is 9.90 Å². The van der Waals surface area contributed by atoms with Gasteiger partial charge < -0.3 is 5.11 Å². The number of carboxylic acid groups (broad SMARTS) is 1. The van der Waals surface area contributed by atoms with Gasteiger partial charge in [0.1, 0.15) is 6.33 Å². The SMILES string of the molecule is Cc1cccc(C(=O)O)c1.c1cncnc1. The standard InChI is InChI=1S/C8H8O2.C4H4N2/c1-6-3-2-4-7(5-6)8(9)10;1-2-5-4-6-3-1/h2-5H,1H3,(H,9,10);1-4H. The van der Waals surface area contributed by atoms with Crippen molar-refractivity contribution in [3.63, 3.8) is 0 Å². The van der Waals surface area contributed by atoms with Gasteiger partial charge in [-0.2, -0.15) is 0 Å². The lowest BCUT2D eigenvalue weighted by atomic mass is 10.1. The zero-order chi connectivity index (χ0) is 11.8. The van der Waals surface area contributed by atoms with Crippen molar-refractivity contribution in [1.29, 1.82) is 0 Å². The average molecular weight is 216 g/mol. The zero-order valence-corrected chi connectivity index (χ0v) is 8.87. The molecule has 1 heterocycles. The van der Waals surface area contributed by atoms with Gasteiger partial charge in [0, 0.05) is 12.4 Å². The summed E-state index contributed by atoms with van der Waals surface area (Å²) in [5.74, 6) is -0.872. The first-order chi connectivity index (χ1) is 7.70. The minimum atomic E-state index is -0.872. The number of aryl methyl sites for hydroxylation is 1. The molecule has 0 aliphatic heterocycles. The highest BCUT2D eigenvalue weighted by atomic mass is 16.4. The monoisotopic (exact) mass is 216 g/mol. The van der Waals surface area contributed by atoms with Gasteiger partial charge in [-0.1, -0.05) is 17.7 Å². The van der Waals surface area contributed by atoms with E-state index in [0.29, 0.717) is 5.56 Å². The van der Waals surface area contributed by atoms with Crippen molar-refractivity contribution in [3.8, 4) is 0 Å². The number of carboxylic acids is 1. The molecule has 1 aromatic heterocycles. The molecule has 0 unspecified atom stereocenters. The third-order valence-corrected chi connectivity index (χ3v) is 1.74. The summed E-state index contributed by atoms with van der Waals surface area (Å²) in [4.78, 5) is 17.7. The van der Waals surface area contributed by atoms with E-state index in [9.17, 15) is 4.79 Å². The average Bonchev–Trinajstić information content (AvgIpc) is 2.32. The van der Waals surface area contributed by atoms with Crippen LogP contribution in [0.4, 0.5) is 0 Å². The largest absolute Gasteiger partial charge is 0.478 e. The molecule has 0 spiro atoms. The van der Waals surface area contributed by atoms with Crippen LogP contribution in [0.5, 0.6) is 0 Å². The van der Waals surface area contributed by atoms with Crippen LogP contribution < -0.4 is 0 Å². The van der Waals surface area contributed by atoms with Crippen molar-refractivity contribution in [2.24, 2.45) is 0 Å². The van der Waals surface area contributed by atoms with E-state index in [-0.39, 0.29) is 0 Å². The molecular weight excluding hydrogens is 204 g/mol. The van der Waals surface area contributed by atoms with Gasteiger partial charge >= 0.3 is 5.97 Å². The number of rotatable bonds is 1. The molecule has 0 radical (unpaired) electrons. The first-order valence-electron chi connectivity index (χ1n) is 4.70. The highest BCUT2D eigenvalue weighted by molar-refractivity contribution is 5.87. The van der Waals surface area contributed by atoms with Crippen LogP contribution in [-0.2, 0) is 0 Å². The van der Waals surface area contributed by atoms with Crippen LogP contribution in [-0.4, -0.2) is 21.0 Å². The maximum atomic E-state index is 10.4. The topological polar surface area (TPSA) is 63.1 Å². The summed E-state index contributed by atoms with van der Waals surface area (Å²) in [6, 6.07) is 8.60. The molecule has 0 bridgehead atoms. The van der Waals surface area contributed by atoms with Crippen molar-refractivity contribution in [2.45, 2.75) is 6.92 Å². The number of nitrogens with zero attached hydrogens (tertiary/aromatic N) is 2. The minimum Gasteiger partial charge on any atom is -0.478 e. The Labute approximate surface area is 93.6 Å². The molecule has 16 heavy (non-hydrogen) atoms. The number of hydrogen-bond donors (Lipinski definition) is 1. The summed E-state index contributed by atoms with van der Waals surface area (Å²) < 4.78 is 0. The Morgan fingerprint density at radius 1 is 1.19 bits per heavy atom. The van der Waals surface area contributed by atoms with Gasteiger partial charge in [0.2, 0.25) is 0 Å². The molecular formula is C12H12N2O2. The molecule has 0 fully saturated rings. The van der Waals surface area contributed by atoms with Crippen molar-refractivity contribution >= 4 is 5.97 Å². The van der Waals surface area contributed by atoms with Gasteiger partial charge in [0.05, 0.1) is 5.56 Å². The van der Waals surface area contributed by atoms with E-state index in [4.69, 9.17) is 5.11 Å². The maximum Gasteiger partial charge on any atom is 0.335 e. The molecule has 0 saturated heterocycles. The Morgan fingerprint density at radius 2 is 1.88 bits per heavy atom. The molecule has 4 heteroatoms. The van der Waals surface area contributed by atoms with E-state index in [2.05, 4.69) is 9.97 Å². The minimum absolute atomic E-state index is 0.347. The van der Waals surface area contributed by atoms with Crippen LogP contribution in [0.15, 0.2) is 49.1 Å². The van der Waals surface area contributed by atoms with E-state index in [1.54, 1.807) is 36.7 Å². The summed E-state index contributed by atoms with van der Waals surface area (Å²) in [7, 11) is 0. The number of benzene rings is 1. The fraction of sp³-hybridized carbons (Fsp3) is 0.0833. The number of aromatic carboxylic acids is 1. The molecule has 0 aliphatic rings. The number of aromatic nitrogens is 2. The zero-order valence-electron chi connectivity index (χ0n) is 8.87. The van der Waals surface area contributed by atoms with Crippen LogP contribution in [0.2, 0.25) is 0 Å². The Balaban J connectivity index is 0.000000181. The molecule has 0 aliphatic carbocycles. The second kappa shape index (κ2) is 6.29. The van der Waals surface area contributed by atoms with Gasteiger partial charge in [-0.15, -0.1) is 0 Å². The summed E-state index contributed by atoms with van der Waals surface area (Å²) >= 11 is 0. The fourth-order valence-electron chi connectivity index (χ4n) is 1.03. The molecule has 1 N–H and O–H groups in total. The predicted molar refractivity (Wildman–Crippen MR) is 60.2 cm³/mol. The van der Waals surface area contributed by atoms with Gasteiger partial charge in [-0.25, -0.2) is 14.8 Å². The van der Waals surface area contributed by atoms with Gasteiger partial charge in [0.15, 0.2) is 0 Å². The second-order valence-electron chi connectivity index (χ2n) is 3.08. The lowest BCUT2D eigenvalue weighted by Crippen LogP contribution is -1.95. The first kappa shape index (κ1) is 11.8. The molecule has 4 nitrogen and oxygen atoms in total. The fourth-order valence-corrected chi connectivity index (χ4v) is 1.03. The van der Waals surface area contributed by atoms with E-state index < -0.39 is 5.97 Å². The molecule has 2 rings (SSSR count). The molecule has 1 aromatic carbocycles. The Morgan fingerprint density at radius 3 is 2.19 bits per heavy atom. The van der Waals surface area contributed by atoms with Crippen LogP contribution >= 0.6 is 0 Å². The molecule has 0 saturated carbocycles. The third-order valence-electron chi connectivity index (χ3n) is 1.74. The highest BCUT2D eigenvalue weighted by Gasteiger charge is 1.99. The third kappa shape index (κ3) is 4.32. The van der Waals surface area contributed by atoms with Crippen molar-refractivity contribution in [3.05, 3.63) is 60.2 Å². The second-order valence-corrected chi connectivity index (χ2v) is 3.08. The van der Waals surface area contributed by atoms with Crippen LogP contribution in [0.1, 0.15) is 15.9 Å². The summed E-state index contributed by atoms with van der Waals surface area (Å²) in [6.07, 6.45) is 4.88.